The highest BCUT2D eigenvalue weighted by molar-refractivity contribution is 7.89. The molecule has 4 amide bonds. The number of nitrogens with one attached hydrogen (secondary N) is 2. The number of anilines is 1. The Morgan fingerprint density at radius 2 is 1.49 bits per heavy atom. The summed E-state index contributed by atoms with van der Waals surface area (Å²) in [6, 6.07) is 24.4. The standard InChI is InChI=1S/C35H39N5O5S2/c1-24(2)40(22-26-13-9-6-10-14-26)47(44,45)28-17-15-27(16-18-28)32(41)36-34-31(33(42)37-35(43)38(3)4)29-19-20-39(23-30(29)46-34)21-25-11-7-5-8-12-25/h5-18,24H,19-23H2,1-4H3,(H,36,41)(H,37,42,43). The van der Waals surface area contributed by atoms with E-state index in [0.29, 0.717) is 24.5 Å². The Morgan fingerprint density at radius 3 is 2.09 bits per heavy atom. The van der Waals surface area contributed by atoms with Crippen molar-refractivity contribution in [2.75, 3.05) is 26.0 Å². The zero-order chi connectivity index (χ0) is 33.7. The fourth-order valence-electron chi connectivity index (χ4n) is 5.43. The minimum absolute atomic E-state index is 0.0750. The maximum absolute atomic E-state index is 13.6. The highest BCUT2D eigenvalue weighted by Crippen LogP contribution is 2.38. The molecule has 0 fully saturated rings. The Hall–Kier alpha value is -4.36. The van der Waals surface area contributed by atoms with Crippen molar-refractivity contribution in [2.45, 2.75) is 50.8 Å². The Balaban J connectivity index is 1.38. The molecule has 246 valence electrons. The van der Waals surface area contributed by atoms with Crippen molar-refractivity contribution in [1.82, 2.24) is 19.4 Å². The van der Waals surface area contributed by atoms with Crippen molar-refractivity contribution in [3.8, 4) is 0 Å². The molecule has 1 aliphatic heterocycles. The molecule has 0 saturated carbocycles. The summed E-state index contributed by atoms with van der Waals surface area (Å²) < 4.78 is 28.6. The van der Waals surface area contributed by atoms with Gasteiger partial charge in [-0.05, 0) is 61.2 Å². The molecule has 1 aliphatic rings. The lowest BCUT2D eigenvalue weighted by molar-refractivity contribution is 0.0956. The van der Waals surface area contributed by atoms with E-state index < -0.39 is 27.9 Å². The minimum atomic E-state index is -3.86. The summed E-state index contributed by atoms with van der Waals surface area (Å²) in [7, 11) is -0.769. The zero-order valence-electron chi connectivity index (χ0n) is 26.9. The van der Waals surface area contributed by atoms with Gasteiger partial charge in [0.05, 0.1) is 10.5 Å². The second-order valence-electron chi connectivity index (χ2n) is 11.9. The lowest BCUT2D eigenvalue weighted by Crippen LogP contribution is -2.39. The van der Waals surface area contributed by atoms with Gasteiger partial charge in [0, 0.05) is 56.8 Å². The normalized spacial score (nSPS) is 13.3. The quantitative estimate of drug-likeness (QED) is 0.227. The first-order valence-electron chi connectivity index (χ1n) is 15.3. The van der Waals surface area contributed by atoms with Crippen LogP contribution in [0.4, 0.5) is 9.80 Å². The number of thiophene rings is 1. The van der Waals surface area contributed by atoms with Crippen LogP contribution in [0.25, 0.3) is 0 Å². The molecule has 0 atom stereocenters. The van der Waals surface area contributed by atoms with Crippen molar-refractivity contribution in [1.29, 1.82) is 0 Å². The number of carbonyl (C=O) groups excluding carboxylic acids is 3. The molecule has 0 bridgehead atoms. The number of fused-ring (bicyclic) bond motifs is 1. The number of hydrogen-bond donors (Lipinski definition) is 2. The number of rotatable bonds is 10. The summed E-state index contributed by atoms with van der Waals surface area (Å²) in [6.45, 7) is 5.91. The number of urea groups is 1. The van der Waals surface area contributed by atoms with Crippen LogP contribution in [0.15, 0.2) is 89.8 Å². The second kappa shape index (κ2) is 14.6. The Labute approximate surface area is 280 Å². The Bertz CT molecular complexity index is 1840. The summed E-state index contributed by atoms with van der Waals surface area (Å²) in [5.74, 6) is -1.08. The van der Waals surface area contributed by atoms with Crippen LogP contribution in [0.3, 0.4) is 0 Å². The molecule has 0 aliphatic carbocycles. The van der Waals surface area contributed by atoms with Gasteiger partial charge in [0.15, 0.2) is 0 Å². The molecular weight excluding hydrogens is 635 g/mol. The first-order chi connectivity index (χ1) is 22.4. The number of sulfonamides is 1. The summed E-state index contributed by atoms with van der Waals surface area (Å²) in [5.41, 5.74) is 3.37. The van der Waals surface area contributed by atoms with Gasteiger partial charge in [-0.1, -0.05) is 60.7 Å². The van der Waals surface area contributed by atoms with Crippen molar-refractivity contribution in [3.05, 3.63) is 118 Å². The first-order valence-corrected chi connectivity index (χ1v) is 17.6. The first kappa shape index (κ1) is 34.0. The summed E-state index contributed by atoms with van der Waals surface area (Å²) in [4.78, 5) is 43.9. The summed E-state index contributed by atoms with van der Waals surface area (Å²) in [5, 5.41) is 5.64. The van der Waals surface area contributed by atoms with Crippen molar-refractivity contribution >= 4 is 44.2 Å². The fourth-order valence-corrected chi connectivity index (χ4v) is 8.34. The van der Waals surface area contributed by atoms with Gasteiger partial charge < -0.3 is 10.2 Å². The van der Waals surface area contributed by atoms with Gasteiger partial charge in [-0.2, -0.15) is 4.31 Å². The lowest BCUT2D eigenvalue weighted by atomic mass is 10.0. The number of nitrogens with zero attached hydrogens (tertiary/aromatic N) is 3. The van der Waals surface area contributed by atoms with Crippen LogP contribution < -0.4 is 10.6 Å². The van der Waals surface area contributed by atoms with Crippen LogP contribution in [0.2, 0.25) is 0 Å². The molecule has 0 spiro atoms. The second-order valence-corrected chi connectivity index (χ2v) is 14.9. The van der Waals surface area contributed by atoms with Crippen LogP contribution in [-0.2, 0) is 36.1 Å². The minimum Gasteiger partial charge on any atom is -0.331 e. The van der Waals surface area contributed by atoms with Crippen molar-refractivity contribution in [3.63, 3.8) is 0 Å². The third kappa shape index (κ3) is 7.96. The Morgan fingerprint density at radius 1 is 0.872 bits per heavy atom. The third-order valence-corrected chi connectivity index (χ3v) is 11.1. The maximum atomic E-state index is 13.6. The molecule has 4 aromatic rings. The molecule has 0 saturated heterocycles. The number of carbonyl (C=O) groups is 3. The van der Waals surface area contributed by atoms with Gasteiger partial charge in [0.1, 0.15) is 5.00 Å². The van der Waals surface area contributed by atoms with E-state index >= 15 is 0 Å². The van der Waals surface area contributed by atoms with E-state index in [-0.39, 0.29) is 28.6 Å². The van der Waals surface area contributed by atoms with E-state index in [0.717, 1.165) is 22.5 Å². The zero-order valence-corrected chi connectivity index (χ0v) is 28.5. The molecule has 47 heavy (non-hydrogen) atoms. The molecule has 5 rings (SSSR count). The monoisotopic (exact) mass is 673 g/mol. The van der Waals surface area contributed by atoms with E-state index in [1.54, 1.807) is 14.1 Å². The highest BCUT2D eigenvalue weighted by atomic mass is 32.2. The van der Waals surface area contributed by atoms with Crippen molar-refractivity contribution < 1.29 is 22.8 Å². The molecule has 0 radical (unpaired) electrons. The van der Waals surface area contributed by atoms with Gasteiger partial charge in [0.2, 0.25) is 10.0 Å². The smallest absolute Gasteiger partial charge is 0.323 e. The van der Waals surface area contributed by atoms with Crippen molar-refractivity contribution in [2.24, 2.45) is 0 Å². The number of amides is 4. The van der Waals surface area contributed by atoms with Crippen LogP contribution in [0.5, 0.6) is 0 Å². The van der Waals surface area contributed by atoms with Gasteiger partial charge >= 0.3 is 6.03 Å². The Kier molecular flexibility index (Phi) is 10.6. The molecule has 0 unspecified atom stereocenters. The third-order valence-electron chi connectivity index (χ3n) is 7.95. The van der Waals surface area contributed by atoms with Crippen LogP contribution in [0, 0.1) is 0 Å². The van der Waals surface area contributed by atoms with Gasteiger partial charge in [-0.25, -0.2) is 13.2 Å². The van der Waals surface area contributed by atoms with Gasteiger partial charge in [0.25, 0.3) is 11.8 Å². The summed E-state index contributed by atoms with van der Waals surface area (Å²) >= 11 is 1.32. The number of imide groups is 1. The summed E-state index contributed by atoms with van der Waals surface area (Å²) in [6.07, 6.45) is 0.579. The molecule has 3 aromatic carbocycles. The van der Waals surface area contributed by atoms with Gasteiger partial charge in [-0.15, -0.1) is 11.3 Å². The number of benzene rings is 3. The predicted octanol–water partition coefficient (Wildman–Crippen LogP) is 5.57. The van der Waals surface area contributed by atoms with Gasteiger partial charge in [-0.3, -0.25) is 19.8 Å². The fraction of sp³-hybridized carbons (Fsp3) is 0.286. The van der Waals surface area contributed by atoms with E-state index in [1.165, 1.54) is 50.4 Å². The van der Waals surface area contributed by atoms with E-state index in [4.69, 9.17) is 0 Å². The largest absolute Gasteiger partial charge is 0.331 e. The lowest BCUT2D eigenvalue weighted by Gasteiger charge is -2.27. The van der Waals surface area contributed by atoms with E-state index in [2.05, 4.69) is 27.7 Å². The van der Waals surface area contributed by atoms with Crippen LogP contribution in [0.1, 0.15) is 56.1 Å². The van der Waals surface area contributed by atoms with E-state index in [1.807, 2.05) is 62.4 Å². The molecular formula is C35H39N5O5S2. The average molecular weight is 674 g/mol. The molecule has 2 heterocycles. The molecule has 1 aromatic heterocycles. The predicted molar refractivity (Wildman–Crippen MR) is 184 cm³/mol. The topological polar surface area (TPSA) is 119 Å². The van der Waals surface area contributed by atoms with Crippen LogP contribution >= 0.6 is 11.3 Å². The SMILES string of the molecule is CC(C)N(Cc1ccccc1)S(=O)(=O)c1ccc(C(=O)Nc2sc3c(c2C(=O)NC(=O)N(C)C)CCN(Cc2ccccc2)C3)cc1. The molecule has 2 N–H and O–H groups in total. The maximum Gasteiger partial charge on any atom is 0.323 e. The molecule has 10 nitrogen and oxygen atoms in total. The highest BCUT2D eigenvalue weighted by Gasteiger charge is 2.31. The van der Waals surface area contributed by atoms with E-state index in [9.17, 15) is 22.8 Å². The van der Waals surface area contributed by atoms with Crippen LogP contribution in [-0.4, -0.2) is 67.1 Å². The number of hydrogen-bond acceptors (Lipinski definition) is 7. The molecule has 12 heteroatoms. The average Bonchev–Trinajstić information content (AvgIpc) is 3.41.